The lowest BCUT2D eigenvalue weighted by atomic mass is 10.1. The molecule has 0 spiro atoms. The van der Waals surface area contributed by atoms with Crippen molar-refractivity contribution in [3.8, 4) is 6.07 Å². The monoisotopic (exact) mass is 417 g/mol. The summed E-state index contributed by atoms with van der Waals surface area (Å²) in [4.78, 5) is 13.3. The Bertz CT molecular complexity index is 775. The Morgan fingerprint density at radius 2 is 1.88 bits per heavy atom. The third-order valence-corrected chi connectivity index (χ3v) is 5.62. The molecule has 4 nitrogen and oxygen atoms in total. The Kier molecular flexibility index (Phi) is 7.35. The van der Waals surface area contributed by atoms with Gasteiger partial charge in [0.05, 0.1) is 23.7 Å². The zero-order valence-corrected chi connectivity index (χ0v) is 16.5. The van der Waals surface area contributed by atoms with Gasteiger partial charge in [-0.1, -0.05) is 46.3 Å². The summed E-state index contributed by atoms with van der Waals surface area (Å²) in [5.41, 5.74) is 1.76. The van der Waals surface area contributed by atoms with Crippen molar-refractivity contribution in [2.45, 2.75) is 24.8 Å². The molecule has 2 aromatic rings. The van der Waals surface area contributed by atoms with Crippen LogP contribution in [-0.4, -0.2) is 11.8 Å². The number of carbonyl (C=O) groups excluding carboxylic acids is 1. The van der Waals surface area contributed by atoms with Gasteiger partial charge in [-0.25, -0.2) is 4.79 Å². The molecule has 0 aliphatic carbocycles. The molecule has 0 heterocycles. The van der Waals surface area contributed by atoms with Gasteiger partial charge in [-0.2, -0.15) is 5.26 Å². The molecule has 2 rings (SSSR count). The summed E-state index contributed by atoms with van der Waals surface area (Å²) in [6, 6.07) is 17.3. The summed E-state index contributed by atoms with van der Waals surface area (Å²) in [5.74, 6) is 0.645. The van der Waals surface area contributed by atoms with Crippen LogP contribution in [0.5, 0.6) is 0 Å². The number of hydrogen-bond donors (Lipinski definition) is 2. The Morgan fingerprint density at radius 3 is 2.60 bits per heavy atom. The lowest BCUT2D eigenvalue weighted by Gasteiger charge is -2.17. The number of carbonyl (C=O) groups is 1. The number of para-hydroxylation sites is 1. The molecule has 2 N–H and O–H groups in total. The van der Waals surface area contributed by atoms with Gasteiger partial charge < -0.3 is 10.6 Å². The first-order valence-corrected chi connectivity index (χ1v) is 9.72. The number of anilines is 1. The number of amides is 2. The van der Waals surface area contributed by atoms with Crippen molar-refractivity contribution >= 4 is 39.4 Å². The van der Waals surface area contributed by atoms with E-state index < -0.39 is 0 Å². The Labute approximate surface area is 161 Å². The number of hydrogen-bond acceptors (Lipinski definition) is 3. The molecule has 0 aromatic heterocycles. The van der Waals surface area contributed by atoms with Crippen molar-refractivity contribution in [2.75, 3.05) is 11.1 Å². The van der Waals surface area contributed by atoms with E-state index in [9.17, 15) is 4.79 Å². The standard InChI is InChI=1S/C19H20BrN3OS/c1-13(11-21)12-25-18-10-6-5-9-17(18)23-19(24)22-14(2)15-7-3-4-8-16(15)20/h3-10,13-14H,12H2,1-2H3,(H2,22,23,24). The smallest absolute Gasteiger partial charge is 0.319 e. The van der Waals surface area contributed by atoms with E-state index in [0.29, 0.717) is 5.75 Å². The number of rotatable bonds is 6. The van der Waals surface area contributed by atoms with Crippen LogP contribution >= 0.6 is 27.7 Å². The SMILES string of the molecule is CC(C#N)CSc1ccccc1NC(=O)NC(C)c1ccccc1Br. The Balaban J connectivity index is 2.01. The average Bonchev–Trinajstić information content (AvgIpc) is 2.60. The first-order valence-electron chi connectivity index (χ1n) is 7.94. The van der Waals surface area contributed by atoms with E-state index >= 15 is 0 Å². The molecule has 0 saturated heterocycles. The molecule has 0 saturated carbocycles. The normalized spacial score (nSPS) is 12.7. The van der Waals surface area contributed by atoms with Crippen LogP contribution < -0.4 is 10.6 Å². The van der Waals surface area contributed by atoms with E-state index in [4.69, 9.17) is 5.26 Å². The van der Waals surface area contributed by atoms with Gasteiger partial charge in [0.2, 0.25) is 0 Å². The summed E-state index contributed by atoms with van der Waals surface area (Å²) < 4.78 is 0.962. The highest BCUT2D eigenvalue weighted by Crippen LogP contribution is 2.29. The van der Waals surface area contributed by atoms with Crippen molar-refractivity contribution in [3.05, 3.63) is 58.6 Å². The highest BCUT2D eigenvalue weighted by molar-refractivity contribution is 9.10. The maximum absolute atomic E-state index is 12.4. The predicted octanol–water partition coefficient (Wildman–Crippen LogP) is 5.58. The summed E-state index contributed by atoms with van der Waals surface area (Å²) in [5, 5.41) is 14.8. The molecule has 2 unspecified atom stereocenters. The first kappa shape index (κ1) is 19.4. The molecular formula is C19H20BrN3OS. The Morgan fingerprint density at radius 1 is 1.20 bits per heavy atom. The minimum Gasteiger partial charge on any atom is -0.331 e. The zero-order valence-electron chi connectivity index (χ0n) is 14.1. The largest absolute Gasteiger partial charge is 0.331 e. The van der Waals surface area contributed by atoms with E-state index in [-0.39, 0.29) is 18.0 Å². The van der Waals surface area contributed by atoms with Crippen molar-refractivity contribution in [1.29, 1.82) is 5.26 Å². The van der Waals surface area contributed by atoms with Crippen LogP contribution in [0.1, 0.15) is 25.5 Å². The number of urea groups is 1. The Hall–Kier alpha value is -1.97. The van der Waals surface area contributed by atoms with Crippen molar-refractivity contribution in [1.82, 2.24) is 5.32 Å². The molecule has 2 atom stereocenters. The lowest BCUT2D eigenvalue weighted by molar-refractivity contribution is 0.249. The number of nitrogens with one attached hydrogen (secondary N) is 2. The van der Waals surface area contributed by atoms with Crippen LogP contribution in [0.25, 0.3) is 0 Å². The van der Waals surface area contributed by atoms with Crippen LogP contribution in [0.15, 0.2) is 57.9 Å². The second kappa shape index (κ2) is 9.50. The van der Waals surface area contributed by atoms with Crippen LogP contribution in [-0.2, 0) is 0 Å². The van der Waals surface area contributed by atoms with Crippen LogP contribution in [0, 0.1) is 17.2 Å². The van der Waals surface area contributed by atoms with Crippen molar-refractivity contribution in [3.63, 3.8) is 0 Å². The molecule has 2 amide bonds. The van der Waals surface area contributed by atoms with Crippen molar-refractivity contribution < 1.29 is 4.79 Å². The minimum absolute atomic E-state index is 0.0395. The van der Waals surface area contributed by atoms with Gasteiger partial charge >= 0.3 is 6.03 Å². The van der Waals surface area contributed by atoms with Gasteiger partial charge in [0.25, 0.3) is 0 Å². The van der Waals surface area contributed by atoms with E-state index in [0.717, 1.165) is 20.6 Å². The maximum atomic E-state index is 12.4. The predicted molar refractivity (Wildman–Crippen MR) is 107 cm³/mol. The molecule has 0 fully saturated rings. The van der Waals surface area contributed by atoms with Crippen LogP contribution in [0.4, 0.5) is 10.5 Å². The van der Waals surface area contributed by atoms with Gasteiger partial charge in [-0.15, -0.1) is 11.8 Å². The fraction of sp³-hybridized carbons (Fsp3) is 0.263. The molecule has 6 heteroatoms. The van der Waals surface area contributed by atoms with Gasteiger partial charge in [0.1, 0.15) is 0 Å². The van der Waals surface area contributed by atoms with Crippen LogP contribution in [0.3, 0.4) is 0 Å². The van der Waals surface area contributed by atoms with Gasteiger partial charge in [0.15, 0.2) is 0 Å². The van der Waals surface area contributed by atoms with E-state index in [2.05, 4.69) is 32.6 Å². The molecule has 0 aliphatic rings. The maximum Gasteiger partial charge on any atom is 0.319 e. The fourth-order valence-corrected chi connectivity index (χ4v) is 3.79. The van der Waals surface area contributed by atoms with Gasteiger partial charge in [-0.05, 0) is 37.6 Å². The van der Waals surface area contributed by atoms with Gasteiger partial charge in [-0.3, -0.25) is 0 Å². The number of halogens is 1. The molecule has 25 heavy (non-hydrogen) atoms. The van der Waals surface area contributed by atoms with Gasteiger partial charge in [0, 0.05) is 15.1 Å². The molecular weight excluding hydrogens is 398 g/mol. The molecule has 0 aliphatic heterocycles. The lowest BCUT2D eigenvalue weighted by Crippen LogP contribution is -2.31. The summed E-state index contributed by atoms with van der Waals surface area (Å²) >= 11 is 5.07. The fourth-order valence-electron chi connectivity index (χ4n) is 2.21. The second-order valence-corrected chi connectivity index (χ2v) is 7.60. The average molecular weight is 418 g/mol. The number of nitriles is 1. The van der Waals surface area contributed by atoms with E-state index in [1.165, 1.54) is 0 Å². The zero-order chi connectivity index (χ0) is 18.2. The molecule has 2 aromatic carbocycles. The van der Waals surface area contributed by atoms with Crippen LogP contribution in [0.2, 0.25) is 0 Å². The minimum atomic E-state index is -0.260. The van der Waals surface area contributed by atoms with E-state index in [1.807, 2.05) is 62.4 Å². The molecule has 0 radical (unpaired) electrons. The van der Waals surface area contributed by atoms with Crippen molar-refractivity contribution in [2.24, 2.45) is 5.92 Å². The highest BCUT2D eigenvalue weighted by Gasteiger charge is 2.13. The summed E-state index contributed by atoms with van der Waals surface area (Å²) in [7, 11) is 0. The summed E-state index contributed by atoms with van der Waals surface area (Å²) in [6.45, 7) is 3.82. The number of thioether (sulfide) groups is 1. The number of benzene rings is 2. The third kappa shape index (κ3) is 5.80. The molecule has 130 valence electrons. The first-order chi connectivity index (χ1) is 12.0. The number of nitrogens with zero attached hydrogens (tertiary/aromatic N) is 1. The third-order valence-electron chi connectivity index (χ3n) is 3.56. The second-order valence-electron chi connectivity index (χ2n) is 5.68. The highest BCUT2D eigenvalue weighted by atomic mass is 79.9. The molecule has 0 bridgehead atoms. The van der Waals surface area contributed by atoms with E-state index in [1.54, 1.807) is 11.8 Å². The summed E-state index contributed by atoms with van der Waals surface area (Å²) in [6.07, 6.45) is 0. The quantitative estimate of drug-likeness (QED) is 0.602. The topological polar surface area (TPSA) is 64.9 Å².